The van der Waals surface area contributed by atoms with Crippen LogP contribution < -0.4 is 10.2 Å². The summed E-state index contributed by atoms with van der Waals surface area (Å²) in [7, 11) is 1.81. The number of thiophene rings is 1. The van der Waals surface area contributed by atoms with E-state index in [9.17, 15) is 4.39 Å². The third-order valence-corrected chi connectivity index (χ3v) is 3.98. The smallest absolute Gasteiger partial charge is 0.226 e. The van der Waals surface area contributed by atoms with Gasteiger partial charge < -0.3 is 10.2 Å². The van der Waals surface area contributed by atoms with Crippen LogP contribution in [0.4, 0.5) is 21.8 Å². The normalized spacial score (nSPS) is 10.8. The molecule has 3 aromatic rings. The summed E-state index contributed by atoms with van der Waals surface area (Å²) in [5.41, 5.74) is 0.492. The molecule has 0 radical (unpaired) electrons. The third-order valence-electron chi connectivity index (χ3n) is 3.17. The van der Waals surface area contributed by atoms with Gasteiger partial charge in [0.1, 0.15) is 16.5 Å². The number of fused-ring (bicyclic) bond motifs is 1. The number of rotatable bonds is 4. The van der Waals surface area contributed by atoms with Crippen molar-refractivity contribution in [2.45, 2.75) is 6.92 Å². The fraction of sp³-hybridized carbons (Fsp3) is 0.200. The number of para-hydroxylation sites is 1. The van der Waals surface area contributed by atoms with Gasteiger partial charge in [-0.3, -0.25) is 0 Å². The van der Waals surface area contributed by atoms with Gasteiger partial charge in [-0.2, -0.15) is 4.98 Å². The molecule has 3 rings (SSSR count). The molecule has 0 saturated carbocycles. The molecule has 0 aliphatic rings. The number of hydrogen-bond donors (Lipinski definition) is 1. The molecule has 0 fully saturated rings. The summed E-state index contributed by atoms with van der Waals surface area (Å²) in [6, 6.07) is 8.64. The monoisotopic (exact) mass is 302 g/mol. The number of hydrogen-bond acceptors (Lipinski definition) is 5. The van der Waals surface area contributed by atoms with Crippen molar-refractivity contribution in [1.82, 2.24) is 9.97 Å². The molecule has 0 atom stereocenters. The first kappa shape index (κ1) is 13.8. The van der Waals surface area contributed by atoms with Gasteiger partial charge in [0.2, 0.25) is 5.95 Å². The Morgan fingerprint density at radius 3 is 2.81 bits per heavy atom. The first-order valence-corrected chi connectivity index (χ1v) is 7.56. The van der Waals surface area contributed by atoms with E-state index in [-0.39, 0.29) is 5.82 Å². The average molecular weight is 302 g/mol. The second-order valence-electron chi connectivity index (χ2n) is 4.55. The topological polar surface area (TPSA) is 41.1 Å². The standard InChI is InChI=1S/C15H15FN4S/c1-3-17-15-18-13(10-8-9-21-14(10)19-15)20(2)12-7-5-4-6-11(12)16/h4-9H,3H2,1-2H3,(H,17,18,19). The molecule has 0 bridgehead atoms. The van der Waals surface area contributed by atoms with E-state index < -0.39 is 0 Å². The van der Waals surface area contributed by atoms with E-state index in [2.05, 4.69) is 15.3 Å². The molecule has 1 N–H and O–H groups in total. The molecular formula is C15H15FN4S. The summed E-state index contributed by atoms with van der Waals surface area (Å²) in [6.07, 6.45) is 0. The van der Waals surface area contributed by atoms with Crippen molar-refractivity contribution in [3.05, 3.63) is 41.5 Å². The molecule has 0 saturated heterocycles. The molecule has 108 valence electrons. The Labute approximate surface area is 126 Å². The molecule has 21 heavy (non-hydrogen) atoms. The lowest BCUT2D eigenvalue weighted by Gasteiger charge is -2.20. The Kier molecular flexibility index (Phi) is 3.70. The fourth-order valence-electron chi connectivity index (χ4n) is 2.17. The van der Waals surface area contributed by atoms with E-state index in [1.165, 1.54) is 6.07 Å². The minimum absolute atomic E-state index is 0.271. The Balaban J connectivity index is 2.14. The van der Waals surface area contributed by atoms with Gasteiger partial charge in [-0.15, -0.1) is 11.3 Å². The summed E-state index contributed by atoms with van der Waals surface area (Å²) in [5.74, 6) is 0.986. The minimum atomic E-state index is -0.271. The molecule has 6 heteroatoms. The molecule has 4 nitrogen and oxygen atoms in total. The van der Waals surface area contributed by atoms with E-state index in [0.717, 1.165) is 16.8 Å². The number of nitrogens with one attached hydrogen (secondary N) is 1. The quantitative estimate of drug-likeness (QED) is 0.790. The Bertz CT molecular complexity index is 771. The lowest BCUT2D eigenvalue weighted by molar-refractivity contribution is 0.627. The predicted octanol–water partition coefficient (Wildman–Crippen LogP) is 4.03. The van der Waals surface area contributed by atoms with Crippen LogP contribution in [0.1, 0.15) is 6.92 Å². The number of aromatic nitrogens is 2. The van der Waals surface area contributed by atoms with Crippen LogP contribution in [0.15, 0.2) is 35.7 Å². The highest BCUT2D eigenvalue weighted by Gasteiger charge is 2.16. The minimum Gasteiger partial charge on any atom is -0.354 e. The molecule has 0 aliphatic carbocycles. The zero-order valence-electron chi connectivity index (χ0n) is 11.8. The molecular weight excluding hydrogens is 287 g/mol. The van der Waals surface area contributed by atoms with Gasteiger partial charge in [-0.05, 0) is 30.5 Å². The van der Waals surface area contributed by atoms with Gasteiger partial charge in [0.05, 0.1) is 11.1 Å². The Morgan fingerprint density at radius 1 is 1.24 bits per heavy atom. The van der Waals surface area contributed by atoms with Crippen molar-refractivity contribution in [1.29, 1.82) is 0 Å². The van der Waals surface area contributed by atoms with Gasteiger partial charge >= 0.3 is 0 Å². The summed E-state index contributed by atoms with van der Waals surface area (Å²) >= 11 is 1.55. The van der Waals surface area contributed by atoms with Crippen molar-refractivity contribution in [2.75, 3.05) is 23.8 Å². The molecule has 2 aromatic heterocycles. The van der Waals surface area contributed by atoms with Gasteiger partial charge in [0.15, 0.2) is 0 Å². The lowest BCUT2D eigenvalue weighted by atomic mass is 10.2. The zero-order valence-corrected chi connectivity index (χ0v) is 12.6. The van der Waals surface area contributed by atoms with Crippen molar-refractivity contribution < 1.29 is 4.39 Å². The fourth-order valence-corrected chi connectivity index (χ4v) is 2.93. The van der Waals surface area contributed by atoms with Gasteiger partial charge in [-0.1, -0.05) is 12.1 Å². The lowest BCUT2D eigenvalue weighted by Crippen LogP contribution is -2.14. The maximum Gasteiger partial charge on any atom is 0.226 e. The highest BCUT2D eigenvalue weighted by Crippen LogP contribution is 2.33. The zero-order chi connectivity index (χ0) is 14.8. The molecule has 0 amide bonds. The number of benzene rings is 1. The maximum atomic E-state index is 14.0. The molecule has 2 heterocycles. The highest BCUT2D eigenvalue weighted by atomic mass is 32.1. The Hall–Kier alpha value is -2.21. The molecule has 0 unspecified atom stereocenters. The number of nitrogens with zero attached hydrogens (tertiary/aromatic N) is 3. The van der Waals surface area contributed by atoms with Crippen LogP contribution in [0, 0.1) is 5.82 Å². The van der Waals surface area contributed by atoms with Gasteiger partial charge in [-0.25, -0.2) is 9.37 Å². The van der Waals surface area contributed by atoms with Crippen molar-refractivity contribution in [3.8, 4) is 0 Å². The van der Waals surface area contributed by atoms with Crippen LogP contribution in [0.25, 0.3) is 10.2 Å². The number of anilines is 3. The summed E-state index contributed by atoms with van der Waals surface area (Å²) in [4.78, 5) is 11.6. The van der Waals surface area contributed by atoms with Crippen molar-refractivity contribution >= 4 is 39.0 Å². The van der Waals surface area contributed by atoms with Crippen LogP contribution in [0.5, 0.6) is 0 Å². The predicted molar refractivity (Wildman–Crippen MR) is 86.0 cm³/mol. The van der Waals surface area contributed by atoms with E-state index in [4.69, 9.17) is 0 Å². The molecule has 0 spiro atoms. The van der Waals surface area contributed by atoms with E-state index >= 15 is 0 Å². The summed E-state index contributed by atoms with van der Waals surface area (Å²) in [6.45, 7) is 2.72. The SMILES string of the molecule is CCNc1nc(N(C)c2ccccc2F)c2ccsc2n1. The highest BCUT2D eigenvalue weighted by molar-refractivity contribution is 7.16. The summed E-state index contributed by atoms with van der Waals surface area (Å²) < 4.78 is 14.0. The van der Waals surface area contributed by atoms with Gasteiger partial charge in [0, 0.05) is 13.6 Å². The van der Waals surface area contributed by atoms with Crippen LogP contribution >= 0.6 is 11.3 Å². The number of halogens is 1. The first-order valence-electron chi connectivity index (χ1n) is 6.68. The van der Waals surface area contributed by atoms with Crippen molar-refractivity contribution in [3.63, 3.8) is 0 Å². The van der Waals surface area contributed by atoms with E-state index in [0.29, 0.717) is 17.5 Å². The molecule has 1 aromatic carbocycles. The Morgan fingerprint density at radius 2 is 2.05 bits per heavy atom. The maximum absolute atomic E-state index is 14.0. The van der Waals surface area contributed by atoms with Crippen molar-refractivity contribution in [2.24, 2.45) is 0 Å². The second-order valence-corrected chi connectivity index (χ2v) is 5.45. The van der Waals surface area contributed by atoms with Crippen LogP contribution in [-0.4, -0.2) is 23.6 Å². The van der Waals surface area contributed by atoms with Crippen LogP contribution in [0.3, 0.4) is 0 Å². The van der Waals surface area contributed by atoms with Gasteiger partial charge in [0.25, 0.3) is 0 Å². The van der Waals surface area contributed by atoms with Crippen LogP contribution in [-0.2, 0) is 0 Å². The average Bonchev–Trinajstić information content (AvgIpc) is 2.95. The second kappa shape index (κ2) is 5.65. The first-order chi connectivity index (χ1) is 10.2. The van der Waals surface area contributed by atoms with E-state index in [1.54, 1.807) is 28.4 Å². The largest absolute Gasteiger partial charge is 0.354 e. The summed E-state index contributed by atoms with van der Waals surface area (Å²) in [5, 5.41) is 6.00. The van der Waals surface area contributed by atoms with Crippen LogP contribution in [0.2, 0.25) is 0 Å². The van der Waals surface area contributed by atoms with E-state index in [1.807, 2.05) is 31.5 Å². The molecule has 0 aliphatic heterocycles. The third kappa shape index (κ3) is 2.54.